The number of amides is 1. The molecule has 9 heteroatoms. The van der Waals surface area contributed by atoms with Gasteiger partial charge >= 0.3 is 6.01 Å². The van der Waals surface area contributed by atoms with Crippen molar-refractivity contribution in [1.82, 2.24) is 15.0 Å². The molecule has 6 N–H and O–H groups in total. The first-order valence-electron chi connectivity index (χ1n) is 6.53. The van der Waals surface area contributed by atoms with Crippen LogP contribution in [0.4, 0.5) is 11.9 Å². The average molecular weight is 283 g/mol. The first-order valence-corrected chi connectivity index (χ1v) is 6.53. The lowest BCUT2D eigenvalue weighted by atomic mass is 10.2. The molecule has 1 aromatic rings. The molecule has 0 bridgehead atoms. The second kappa shape index (κ2) is 8.86. The van der Waals surface area contributed by atoms with Crippen molar-refractivity contribution in [1.29, 1.82) is 0 Å². The minimum absolute atomic E-state index is 0.217. The molecule has 1 aromatic heterocycles. The minimum atomic E-state index is -0.296. The molecule has 0 saturated carbocycles. The van der Waals surface area contributed by atoms with Crippen LogP contribution in [0.2, 0.25) is 0 Å². The molecular weight excluding hydrogens is 262 g/mol. The van der Waals surface area contributed by atoms with E-state index in [9.17, 15) is 4.79 Å². The second-order valence-electron chi connectivity index (χ2n) is 4.11. The van der Waals surface area contributed by atoms with Crippen molar-refractivity contribution in [3.05, 3.63) is 0 Å². The first kappa shape index (κ1) is 15.9. The third-order valence-corrected chi connectivity index (χ3v) is 2.31. The fourth-order valence-electron chi connectivity index (χ4n) is 1.38. The van der Waals surface area contributed by atoms with Crippen molar-refractivity contribution in [2.45, 2.75) is 32.6 Å². The monoisotopic (exact) mass is 283 g/mol. The molecule has 0 aliphatic carbocycles. The highest BCUT2D eigenvalue weighted by atomic mass is 16.5. The van der Waals surface area contributed by atoms with Gasteiger partial charge in [0.05, 0.1) is 6.61 Å². The number of rotatable bonds is 10. The Morgan fingerprint density at radius 2 is 2.00 bits per heavy atom. The number of carbonyl (C=O) groups excluding carboxylic acids is 1. The van der Waals surface area contributed by atoms with Gasteiger partial charge in [-0.15, -0.1) is 0 Å². The van der Waals surface area contributed by atoms with Crippen LogP contribution in [0.25, 0.3) is 0 Å². The number of carbonyl (C=O) groups is 1. The molecule has 9 nitrogen and oxygen atoms in total. The van der Waals surface area contributed by atoms with Gasteiger partial charge in [-0.1, -0.05) is 6.92 Å². The van der Waals surface area contributed by atoms with Crippen LogP contribution in [-0.4, -0.2) is 34.0 Å². The Hall–Kier alpha value is -2.16. The van der Waals surface area contributed by atoms with Crippen LogP contribution in [0.1, 0.15) is 32.6 Å². The number of nitrogens with two attached hydrogens (primary N) is 2. The molecule has 0 aromatic carbocycles. The number of primary amides is 1. The standard InChI is InChI=1S/C11H21N7O2/c1-2-7-20-11-16-9(15-10(17-11)18-13)14-6-4-3-5-8(12)19/h2-7,13H2,1H3,(H2,12,19)(H2,14,15,16,17,18). The van der Waals surface area contributed by atoms with Crippen molar-refractivity contribution in [3.8, 4) is 6.01 Å². The molecule has 0 unspecified atom stereocenters. The van der Waals surface area contributed by atoms with Crippen molar-refractivity contribution < 1.29 is 9.53 Å². The zero-order valence-corrected chi connectivity index (χ0v) is 11.6. The summed E-state index contributed by atoms with van der Waals surface area (Å²) in [4.78, 5) is 22.7. The number of ether oxygens (including phenoxy) is 1. The summed E-state index contributed by atoms with van der Waals surface area (Å²) in [6.45, 7) is 3.13. The number of nitrogens with one attached hydrogen (secondary N) is 2. The molecule has 0 aliphatic rings. The number of nitrogens with zero attached hydrogens (tertiary/aromatic N) is 3. The molecule has 0 atom stereocenters. The SMILES string of the molecule is CCCOc1nc(NN)nc(NCCCCC(N)=O)n1. The Balaban J connectivity index is 2.48. The lowest BCUT2D eigenvalue weighted by Gasteiger charge is -2.08. The largest absolute Gasteiger partial charge is 0.463 e. The number of hydrogen-bond donors (Lipinski definition) is 4. The number of unbranched alkanes of at least 4 members (excludes halogenated alkanes) is 1. The smallest absolute Gasteiger partial charge is 0.323 e. The number of aromatic nitrogens is 3. The van der Waals surface area contributed by atoms with Crippen LogP contribution in [-0.2, 0) is 4.79 Å². The summed E-state index contributed by atoms with van der Waals surface area (Å²) >= 11 is 0. The highest BCUT2D eigenvalue weighted by molar-refractivity contribution is 5.73. The average Bonchev–Trinajstić information content (AvgIpc) is 2.44. The number of hydrogen-bond acceptors (Lipinski definition) is 8. The van der Waals surface area contributed by atoms with E-state index in [-0.39, 0.29) is 17.9 Å². The fraction of sp³-hybridized carbons (Fsp3) is 0.636. The Morgan fingerprint density at radius 1 is 1.25 bits per heavy atom. The van der Waals surface area contributed by atoms with E-state index in [1.807, 2.05) is 6.92 Å². The summed E-state index contributed by atoms with van der Waals surface area (Å²) in [6, 6.07) is 0.217. The molecule has 20 heavy (non-hydrogen) atoms. The normalized spacial score (nSPS) is 10.1. The van der Waals surface area contributed by atoms with Crippen molar-refractivity contribution in [2.24, 2.45) is 11.6 Å². The van der Waals surface area contributed by atoms with Gasteiger partial charge in [0, 0.05) is 13.0 Å². The quantitative estimate of drug-likeness (QED) is 0.267. The van der Waals surface area contributed by atoms with Crippen molar-refractivity contribution in [2.75, 3.05) is 23.9 Å². The van der Waals surface area contributed by atoms with E-state index in [4.69, 9.17) is 16.3 Å². The van der Waals surface area contributed by atoms with E-state index in [2.05, 4.69) is 25.7 Å². The molecule has 0 aliphatic heterocycles. The van der Waals surface area contributed by atoms with E-state index >= 15 is 0 Å². The Kier molecular flexibility index (Phi) is 7.04. The van der Waals surface area contributed by atoms with Gasteiger partial charge in [-0.05, 0) is 19.3 Å². The third-order valence-electron chi connectivity index (χ3n) is 2.31. The maximum Gasteiger partial charge on any atom is 0.323 e. The van der Waals surface area contributed by atoms with E-state index in [1.54, 1.807) is 0 Å². The zero-order chi connectivity index (χ0) is 14.8. The number of anilines is 2. The molecule has 0 spiro atoms. The zero-order valence-electron chi connectivity index (χ0n) is 11.6. The lowest BCUT2D eigenvalue weighted by Crippen LogP contribution is -2.15. The lowest BCUT2D eigenvalue weighted by molar-refractivity contribution is -0.118. The van der Waals surface area contributed by atoms with E-state index in [0.717, 1.165) is 12.8 Å². The summed E-state index contributed by atoms with van der Waals surface area (Å²) < 4.78 is 5.34. The molecule has 1 rings (SSSR count). The van der Waals surface area contributed by atoms with E-state index in [1.165, 1.54) is 0 Å². The van der Waals surface area contributed by atoms with Crippen LogP contribution in [0, 0.1) is 0 Å². The minimum Gasteiger partial charge on any atom is -0.463 e. The van der Waals surface area contributed by atoms with Gasteiger partial charge in [0.15, 0.2) is 0 Å². The van der Waals surface area contributed by atoms with Crippen molar-refractivity contribution in [3.63, 3.8) is 0 Å². The van der Waals surface area contributed by atoms with Crippen molar-refractivity contribution >= 4 is 17.8 Å². The molecule has 1 heterocycles. The third kappa shape index (κ3) is 6.14. The highest BCUT2D eigenvalue weighted by Gasteiger charge is 2.06. The van der Waals surface area contributed by atoms with Gasteiger partial charge in [0.2, 0.25) is 17.8 Å². The summed E-state index contributed by atoms with van der Waals surface area (Å²) in [7, 11) is 0. The molecule has 0 saturated heterocycles. The van der Waals surface area contributed by atoms with Crippen LogP contribution >= 0.6 is 0 Å². The summed E-state index contributed by atoms with van der Waals surface area (Å²) in [5.41, 5.74) is 7.42. The molecule has 112 valence electrons. The van der Waals surface area contributed by atoms with Crippen LogP contribution in [0.5, 0.6) is 6.01 Å². The van der Waals surface area contributed by atoms with Gasteiger partial charge in [-0.25, -0.2) is 5.84 Å². The Labute approximate surface area is 117 Å². The maximum absolute atomic E-state index is 10.6. The number of hydrazine groups is 1. The highest BCUT2D eigenvalue weighted by Crippen LogP contribution is 2.10. The van der Waals surface area contributed by atoms with Gasteiger partial charge in [-0.2, -0.15) is 15.0 Å². The molecule has 0 radical (unpaired) electrons. The maximum atomic E-state index is 10.6. The van der Waals surface area contributed by atoms with E-state index < -0.39 is 0 Å². The summed E-state index contributed by atoms with van der Waals surface area (Å²) in [5.74, 6) is 5.59. The Morgan fingerprint density at radius 3 is 2.65 bits per heavy atom. The number of nitrogen functional groups attached to an aromatic ring is 1. The second-order valence-corrected chi connectivity index (χ2v) is 4.11. The predicted molar refractivity (Wildman–Crippen MR) is 75.0 cm³/mol. The van der Waals surface area contributed by atoms with E-state index in [0.29, 0.717) is 31.9 Å². The van der Waals surface area contributed by atoms with Gasteiger partial charge in [0.1, 0.15) is 0 Å². The molecule has 0 fully saturated rings. The van der Waals surface area contributed by atoms with Crippen LogP contribution < -0.4 is 27.1 Å². The topological polar surface area (TPSA) is 141 Å². The molecular formula is C11H21N7O2. The van der Waals surface area contributed by atoms with Crippen LogP contribution in [0.3, 0.4) is 0 Å². The Bertz CT molecular complexity index is 427. The van der Waals surface area contributed by atoms with Crippen LogP contribution in [0.15, 0.2) is 0 Å². The summed E-state index contributed by atoms with van der Waals surface area (Å²) in [5, 5.41) is 3.02. The van der Waals surface area contributed by atoms with Gasteiger partial charge in [-0.3, -0.25) is 10.2 Å². The van der Waals surface area contributed by atoms with Gasteiger partial charge < -0.3 is 15.8 Å². The fourth-order valence-corrected chi connectivity index (χ4v) is 1.38. The van der Waals surface area contributed by atoms with Gasteiger partial charge in [0.25, 0.3) is 0 Å². The predicted octanol–water partition coefficient (Wildman–Crippen LogP) is 0.0135. The molecule has 1 amide bonds. The summed E-state index contributed by atoms with van der Waals surface area (Å²) in [6.07, 6.45) is 2.73. The first-order chi connectivity index (χ1) is 9.65.